The van der Waals surface area contributed by atoms with Gasteiger partial charge in [0, 0.05) is 24.6 Å². The van der Waals surface area contributed by atoms with Gasteiger partial charge in [0.05, 0.1) is 16.8 Å². The minimum Gasteiger partial charge on any atom is -0.453 e. The third-order valence-corrected chi connectivity index (χ3v) is 4.75. The Hall–Kier alpha value is -3.00. The van der Waals surface area contributed by atoms with Crippen molar-refractivity contribution in [2.75, 3.05) is 11.7 Å². The van der Waals surface area contributed by atoms with E-state index in [1.165, 1.54) is 17.1 Å². The summed E-state index contributed by atoms with van der Waals surface area (Å²) in [7, 11) is 0. The second-order valence-electron chi connectivity index (χ2n) is 6.61. The molecule has 2 aromatic heterocycles. The number of rotatable bonds is 4. The maximum atomic E-state index is 12.7. The number of hydrogen-bond acceptors (Lipinski definition) is 4. The summed E-state index contributed by atoms with van der Waals surface area (Å²) in [6.07, 6.45) is -0.731. The summed E-state index contributed by atoms with van der Waals surface area (Å²) in [6.45, 7) is 2.72. The minimum atomic E-state index is -4.37. The highest BCUT2D eigenvalue weighted by Gasteiger charge is 2.30. The first-order valence-corrected chi connectivity index (χ1v) is 9.11. The van der Waals surface area contributed by atoms with Crippen molar-refractivity contribution in [1.82, 2.24) is 9.55 Å². The van der Waals surface area contributed by atoms with Gasteiger partial charge >= 0.3 is 6.18 Å². The molecule has 0 radical (unpaired) electrons. The van der Waals surface area contributed by atoms with E-state index in [1.807, 2.05) is 29.8 Å². The summed E-state index contributed by atoms with van der Waals surface area (Å²) in [5.74, 6) is 0.418. The van der Waals surface area contributed by atoms with Gasteiger partial charge in [0.2, 0.25) is 5.90 Å². The highest BCUT2D eigenvalue weighted by Crippen LogP contribution is 2.31. The van der Waals surface area contributed by atoms with Crippen LogP contribution in [0.2, 0.25) is 5.15 Å². The number of nitrogens with zero attached hydrogens (tertiary/aromatic N) is 4. The smallest absolute Gasteiger partial charge is 0.416 e. The van der Waals surface area contributed by atoms with Crippen molar-refractivity contribution in [3.63, 3.8) is 0 Å². The highest BCUT2D eigenvalue weighted by atomic mass is 35.5. The van der Waals surface area contributed by atoms with Gasteiger partial charge in [0.1, 0.15) is 5.15 Å². The molecule has 0 bridgehead atoms. The monoisotopic (exact) mass is 420 g/mol. The summed E-state index contributed by atoms with van der Waals surface area (Å²) in [4.78, 5) is 4.08. The predicted octanol–water partition coefficient (Wildman–Crippen LogP) is 5.07. The molecule has 0 saturated heterocycles. The van der Waals surface area contributed by atoms with Gasteiger partial charge in [-0.2, -0.15) is 13.2 Å². The van der Waals surface area contributed by atoms with Gasteiger partial charge in [0.25, 0.3) is 0 Å². The molecule has 4 rings (SSSR count). The number of ether oxygens (including phenoxy) is 1. The number of aryl methyl sites for hydroxylation is 1. The Balaban J connectivity index is 1.51. The summed E-state index contributed by atoms with van der Waals surface area (Å²) in [5.41, 5.74) is 2.62. The van der Waals surface area contributed by atoms with Gasteiger partial charge in [-0.1, -0.05) is 17.7 Å². The number of aromatic nitrogens is 2. The summed E-state index contributed by atoms with van der Waals surface area (Å²) < 4.78 is 45.8. The van der Waals surface area contributed by atoms with Gasteiger partial charge in [-0.15, -0.1) is 5.10 Å². The molecule has 150 valence electrons. The Bertz CT molecular complexity index is 1040. The number of alkyl halides is 3. The molecular formula is C20H16ClF3N4O. The average molecular weight is 421 g/mol. The Labute approximate surface area is 170 Å². The van der Waals surface area contributed by atoms with E-state index >= 15 is 0 Å². The van der Waals surface area contributed by atoms with Crippen molar-refractivity contribution >= 4 is 23.2 Å². The molecule has 0 N–H and O–H groups in total. The fraction of sp³-hybridized carbons (Fsp3) is 0.200. The molecule has 1 aliphatic rings. The highest BCUT2D eigenvalue weighted by molar-refractivity contribution is 6.29. The molecule has 0 spiro atoms. The standard InChI is InChI=1S/C20H16ClF3N4O/c1-13-8-15(11-27(13)10-14-2-7-18(21)25-9-14)19-26-28(12-29-19)17-5-3-16(4-6-17)20(22,23)24/h2-9,11H,10,12H2,1H3. The van der Waals surface area contributed by atoms with Crippen molar-refractivity contribution in [2.24, 2.45) is 5.10 Å². The quantitative estimate of drug-likeness (QED) is 0.553. The molecule has 5 nitrogen and oxygen atoms in total. The van der Waals surface area contributed by atoms with Gasteiger partial charge < -0.3 is 9.30 Å². The summed E-state index contributed by atoms with van der Waals surface area (Å²) >= 11 is 5.82. The van der Waals surface area contributed by atoms with Crippen molar-refractivity contribution in [3.8, 4) is 0 Å². The van der Waals surface area contributed by atoms with E-state index in [-0.39, 0.29) is 6.73 Å². The van der Waals surface area contributed by atoms with E-state index in [9.17, 15) is 13.2 Å². The van der Waals surface area contributed by atoms with Gasteiger partial charge in [-0.25, -0.2) is 9.99 Å². The first-order valence-electron chi connectivity index (χ1n) is 8.73. The number of benzene rings is 1. The maximum absolute atomic E-state index is 12.7. The van der Waals surface area contributed by atoms with Crippen molar-refractivity contribution < 1.29 is 17.9 Å². The Morgan fingerprint density at radius 1 is 1.14 bits per heavy atom. The fourth-order valence-corrected chi connectivity index (χ4v) is 3.10. The third-order valence-electron chi connectivity index (χ3n) is 4.53. The van der Waals surface area contributed by atoms with Crippen LogP contribution in [0.4, 0.5) is 18.9 Å². The summed E-state index contributed by atoms with van der Waals surface area (Å²) in [5, 5.41) is 6.36. The zero-order chi connectivity index (χ0) is 20.6. The van der Waals surface area contributed by atoms with E-state index in [0.717, 1.165) is 29.0 Å². The first kappa shape index (κ1) is 19.3. The van der Waals surface area contributed by atoms with Crippen molar-refractivity contribution in [2.45, 2.75) is 19.6 Å². The van der Waals surface area contributed by atoms with Crippen LogP contribution in [-0.4, -0.2) is 22.2 Å². The molecule has 3 heterocycles. The molecule has 9 heteroatoms. The largest absolute Gasteiger partial charge is 0.453 e. The topological polar surface area (TPSA) is 42.6 Å². The van der Waals surface area contributed by atoms with E-state index in [1.54, 1.807) is 12.3 Å². The van der Waals surface area contributed by atoms with E-state index in [0.29, 0.717) is 23.3 Å². The molecule has 3 aromatic rings. The second kappa shape index (κ2) is 7.44. The summed E-state index contributed by atoms with van der Waals surface area (Å²) in [6, 6.07) is 10.4. The molecule has 0 aliphatic carbocycles. The Morgan fingerprint density at radius 2 is 1.90 bits per heavy atom. The number of hydrogen-bond donors (Lipinski definition) is 0. The van der Waals surface area contributed by atoms with E-state index < -0.39 is 11.7 Å². The van der Waals surface area contributed by atoms with Crippen LogP contribution in [0.15, 0.2) is 60.0 Å². The molecule has 29 heavy (non-hydrogen) atoms. The number of anilines is 1. The van der Waals surface area contributed by atoms with Crippen LogP contribution in [0.1, 0.15) is 22.4 Å². The molecule has 0 amide bonds. The van der Waals surface area contributed by atoms with Crippen LogP contribution in [-0.2, 0) is 17.5 Å². The lowest BCUT2D eigenvalue weighted by molar-refractivity contribution is -0.137. The van der Waals surface area contributed by atoms with E-state index in [2.05, 4.69) is 10.1 Å². The van der Waals surface area contributed by atoms with Crippen LogP contribution in [0, 0.1) is 6.92 Å². The number of pyridine rings is 1. The first-order chi connectivity index (χ1) is 13.8. The lowest BCUT2D eigenvalue weighted by Gasteiger charge is -2.12. The third kappa shape index (κ3) is 4.22. The molecule has 0 atom stereocenters. The fourth-order valence-electron chi connectivity index (χ4n) is 2.98. The normalized spacial score (nSPS) is 14.1. The van der Waals surface area contributed by atoms with Crippen molar-refractivity contribution in [3.05, 3.63) is 82.4 Å². The van der Waals surface area contributed by atoms with Crippen LogP contribution in [0.5, 0.6) is 0 Å². The van der Waals surface area contributed by atoms with E-state index in [4.69, 9.17) is 16.3 Å². The number of hydrazone groups is 1. The minimum absolute atomic E-state index is 0.131. The van der Waals surface area contributed by atoms with Crippen LogP contribution in [0.25, 0.3) is 0 Å². The molecule has 0 fully saturated rings. The molecule has 1 aromatic carbocycles. The Kier molecular flexibility index (Phi) is 4.96. The zero-order valence-corrected chi connectivity index (χ0v) is 16.1. The maximum Gasteiger partial charge on any atom is 0.416 e. The van der Waals surface area contributed by atoms with Gasteiger partial charge in [-0.3, -0.25) is 0 Å². The lowest BCUT2D eigenvalue weighted by Crippen LogP contribution is -2.13. The molecule has 0 unspecified atom stereocenters. The molecule has 0 saturated carbocycles. The lowest BCUT2D eigenvalue weighted by atomic mass is 10.2. The average Bonchev–Trinajstić information content (AvgIpc) is 3.30. The van der Waals surface area contributed by atoms with Crippen LogP contribution in [0.3, 0.4) is 0 Å². The van der Waals surface area contributed by atoms with Gasteiger partial charge in [-0.05, 0) is 48.9 Å². The van der Waals surface area contributed by atoms with Crippen molar-refractivity contribution in [1.29, 1.82) is 0 Å². The predicted molar refractivity (Wildman–Crippen MR) is 104 cm³/mol. The molecular weight excluding hydrogens is 405 g/mol. The SMILES string of the molecule is Cc1cc(C2=NN(c3ccc(C(F)(F)F)cc3)CO2)cn1Cc1ccc(Cl)nc1. The Morgan fingerprint density at radius 3 is 2.55 bits per heavy atom. The van der Waals surface area contributed by atoms with Crippen LogP contribution >= 0.6 is 11.6 Å². The second-order valence-corrected chi connectivity index (χ2v) is 7.00. The number of halogens is 4. The van der Waals surface area contributed by atoms with Gasteiger partial charge in [0.15, 0.2) is 6.73 Å². The van der Waals surface area contributed by atoms with Crippen LogP contribution < -0.4 is 5.01 Å². The molecule has 1 aliphatic heterocycles. The zero-order valence-electron chi connectivity index (χ0n) is 15.3.